The van der Waals surface area contributed by atoms with Crippen molar-refractivity contribution < 1.29 is 14.6 Å². The fourth-order valence-electron chi connectivity index (χ4n) is 0.892. The van der Waals surface area contributed by atoms with Gasteiger partial charge in [-0.15, -0.1) is 10.2 Å². The summed E-state index contributed by atoms with van der Waals surface area (Å²) in [5, 5.41) is 19.8. The van der Waals surface area contributed by atoms with E-state index in [-0.39, 0.29) is 6.61 Å². The van der Waals surface area contributed by atoms with Crippen LogP contribution in [0.4, 0.5) is 9.93 Å². The summed E-state index contributed by atoms with van der Waals surface area (Å²) in [4.78, 5) is 11.4. The summed E-state index contributed by atoms with van der Waals surface area (Å²) >= 11 is 1.22. The topological polar surface area (TPSA) is 84.3 Å². The van der Waals surface area contributed by atoms with Crippen LogP contribution in [0.1, 0.15) is 25.8 Å². The number of nitrogens with zero attached hydrogens (tertiary/aromatic N) is 2. The van der Waals surface area contributed by atoms with Crippen LogP contribution in [-0.2, 0) is 11.2 Å². The van der Waals surface area contributed by atoms with Crippen LogP contribution in [0.2, 0.25) is 0 Å². The van der Waals surface area contributed by atoms with Crippen molar-refractivity contribution in [3.8, 4) is 0 Å². The quantitative estimate of drug-likeness (QED) is 0.841. The number of hydrogen-bond donors (Lipinski definition) is 2. The summed E-state index contributed by atoms with van der Waals surface area (Å²) in [6, 6.07) is 0. The minimum atomic E-state index is -0.556. The first kappa shape index (κ1) is 12.9. The standard InChI is InChI=1S/C9H15N3O3S/c1-9(2,3)15-8(14)10-7-12-11-6(16-7)4-5-13/h13H,4-5H2,1-3H3,(H,10,12,14). The molecule has 0 saturated carbocycles. The molecule has 6 nitrogen and oxygen atoms in total. The highest BCUT2D eigenvalue weighted by molar-refractivity contribution is 7.15. The molecule has 16 heavy (non-hydrogen) atoms. The van der Waals surface area contributed by atoms with E-state index < -0.39 is 11.7 Å². The predicted molar refractivity (Wildman–Crippen MR) is 60.6 cm³/mol. The van der Waals surface area contributed by atoms with Crippen molar-refractivity contribution in [2.24, 2.45) is 0 Å². The van der Waals surface area contributed by atoms with Crippen LogP contribution in [-0.4, -0.2) is 33.6 Å². The first-order valence-electron chi connectivity index (χ1n) is 4.84. The second-order valence-electron chi connectivity index (χ2n) is 4.10. The van der Waals surface area contributed by atoms with Crippen molar-refractivity contribution in [1.29, 1.82) is 0 Å². The van der Waals surface area contributed by atoms with Gasteiger partial charge in [-0.3, -0.25) is 5.32 Å². The molecule has 0 bridgehead atoms. The average molecular weight is 245 g/mol. The van der Waals surface area contributed by atoms with E-state index in [0.29, 0.717) is 16.6 Å². The maximum absolute atomic E-state index is 11.4. The molecular formula is C9H15N3O3S. The zero-order chi connectivity index (χ0) is 12.2. The monoisotopic (exact) mass is 245 g/mol. The summed E-state index contributed by atoms with van der Waals surface area (Å²) in [7, 11) is 0. The third kappa shape index (κ3) is 4.54. The Bertz CT molecular complexity index is 359. The van der Waals surface area contributed by atoms with Crippen LogP contribution >= 0.6 is 11.3 Å². The minimum absolute atomic E-state index is 0.0150. The molecule has 0 saturated heterocycles. The fraction of sp³-hybridized carbons (Fsp3) is 0.667. The van der Waals surface area contributed by atoms with Crippen LogP contribution in [0.15, 0.2) is 0 Å². The number of anilines is 1. The highest BCUT2D eigenvalue weighted by atomic mass is 32.1. The molecule has 0 unspecified atom stereocenters. The molecule has 0 atom stereocenters. The van der Waals surface area contributed by atoms with Crippen molar-refractivity contribution in [2.75, 3.05) is 11.9 Å². The van der Waals surface area contributed by atoms with Crippen molar-refractivity contribution >= 4 is 22.6 Å². The van der Waals surface area contributed by atoms with Crippen LogP contribution in [0.5, 0.6) is 0 Å². The highest BCUT2D eigenvalue weighted by Gasteiger charge is 2.17. The summed E-state index contributed by atoms with van der Waals surface area (Å²) in [5.74, 6) is 0. The van der Waals surface area contributed by atoms with Crippen LogP contribution in [0.3, 0.4) is 0 Å². The Morgan fingerprint density at radius 1 is 1.50 bits per heavy atom. The van der Waals surface area contributed by atoms with Gasteiger partial charge in [-0.2, -0.15) is 0 Å². The van der Waals surface area contributed by atoms with Gasteiger partial charge in [0.2, 0.25) is 5.13 Å². The number of aliphatic hydroxyl groups is 1. The van der Waals surface area contributed by atoms with Crippen molar-refractivity contribution in [1.82, 2.24) is 10.2 Å². The second kappa shape index (κ2) is 5.22. The molecule has 1 rings (SSSR count). The Hall–Kier alpha value is -1.21. The van der Waals surface area contributed by atoms with Gasteiger partial charge in [-0.1, -0.05) is 11.3 Å². The van der Waals surface area contributed by atoms with E-state index in [1.165, 1.54) is 11.3 Å². The van der Waals surface area contributed by atoms with Crippen LogP contribution < -0.4 is 5.32 Å². The summed E-state index contributed by atoms with van der Waals surface area (Å²) < 4.78 is 5.05. The fourth-order valence-corrected chi connectivity index (χ4v) is 1.61. The van der Waals surface area contributed by atoms with Gasteiger partial charge in [0, 0.05) is 13.0 Å². The largest absolute Gasteiger partial charge is 0.444 e. The third-order valence-electron chi connectivity index (χ3n) is 1.40. The maximum atomic E-state index is 11.4. The first-order valence-corrected chi connectivity index (χ1v) is 5.65. The smallest absolute Gasteiger partial charge is 0.414 e. The van der Waals surface area contributed by atoms with Crippen molar-refractivity contribution in [3.63, 3.8) is 0 Å². The minimum Gasteiger partial charge on any atom is -0.444 e. The molecule has 0 fully saturated rings. The van der Waals surface area contributed by atoms with Crippen molar-refractivity contribution in [3.05, 3.63) is 5.01 Å². The predicted octanol–water partition coefficient (Wildman–Crippen LogP) is 1.42. The lowest BCUT2D eigenvalue weighted by atomic mass is 10.2. The average Bonchev–Trinajstić information content (AvgIpc) is 2.49. The van der Waals surface area contributed by atoms with Crippen molar-refractivity contribution in [2.45, 2.75) is 32.8 Å². The Labute approximate surface area is 97.7 Å². The van der Waals surface area contributed by atoms with Gasteiger partial charge in [0.15, 0.2) is 0 Å². The molecule has 0 aliphatic rings. The molecule has 1 aromatic heterocycles. The number of rotatable bonds is 3. The number of aromatic nitrogens is 2. The van der Waals surface area contributed by atoms with E-state index in [9.17, 15) is 4.79 Å². The molecule has 0 aliphatic carbocycles. The van der Waals surface area contributed by atoms with Crippen LogP contribution in [0.25, 0.3) is 0 Å². The van der Waals surface area contributed by atoms with Gasteiger partial charge in [0.1, 0.15) is 10.6 Å². The molecule has 1 aromatic rings. The molecular weight excluding hydrogens is 230 g/mol. The SMILES string of the molecule is CC(C)(C)OC(=O)Nc1nnc(CCO)s1. The number of nitrogens with one attached hydrogen (secondary N) is 1. The van der Waals surface area contributed by atoms with E-state index in [2.05, 4.69) is 15.5 Å². The molecule has 7 heteroatoms. The number of amides is 1. The van der Waals surface area contributed by atoms with E-state index in [0.717, 1.165) is 0 Å². The molecule has 0 aliphatic heterocycles. The van der Waals surface area contributed by atoms with Crippen LogP contribution in [0, 0.1) is 0 Å². The van der Waals surface area contributed by atoms with Gasteiger partial charge in [-0.05, 0) is 20.8 Å². The van der Waals surface area contributed by atoms with Gasteiger partial charge in [0.25, 0.3) is 0 Å². The number of carbonyl (C=O) groups excluding carboxylic acids is 1. The number of ether oxygens (including phenoxy) is 1. The van der Waals surface area contributed by atoms with Gasteiger partial charge in [0.05, 0.1) is 0 Å². The van der Waals surface area contributed by atoms with Gasteiger partial charge in [-0.25, -0.2) is 4.79 Å². The maximum Gasteiger partial charge on any atom is 0.414 e. The Balaban J connectivity index is 2.50. The molecule has 1 heterocycles. The molecule has 0 spiro atoms. The normalized spacial score (nSPS) is 11.2. The van der Waals surface area contributed by atoms with Gasteiger partial charge < -0.3 is 9.84 Å². The first-order chi connectivity index (χ1) is 7.40. The van der Waals surface area contributed by atoms with E-state index >= 15 is 0 Å². The van der Waals surface area contributed by atoms with E-state index in [1.807, 2.05) is 0 Å². The lowest BCUT2D eigenvalue weighted by Crippen LogP contribution is -2.27. The van der Waals surface area contributed by atoms with E-state index in [1.54, 1.807) is 20.8 Å². The summed E-state index contributed by atoms with van der Waals surface area (Å²) in [5.41, 5.74) is -0.539. The summed E-state index contributed by atoms with van der Waals surface area (Å²) in [6.07, 6.45) is -0.118. The lowest BCUT2D eigenvalue weighted by Gasteiger charge is -2.18. The number of aliphatic hydroxyl groups excluding tert-OH is 1. The highest BCUT2D eigenvalue weighted by Crippen LogP contribution is 2.16. The molecule has 0 radical (unpaired) electrons. The Kier molecular flexibility index (Phi) is 4.19. The lowest BCUT2D eigenvalue weighted by molar-refractivity contribution is 0.0636. The molecule has 0 aromatic carbocycles. The third-order valence-corrected chi connectivity index (χ3v) is 2.30. The Morgan fingerprint density at radius 2 is 2.19 bits per heavy atom. The molecule has 1 amide bonds. The Morgan fingerprint density at radius 3 is 2.75 bits per heavy atom. The molecule has 2 N–H and O–H groups in total. The van der Waals surface area contributed by atoms with Gasteiger partial charge >= 0.3 is 6.09 Å². The van der Waals surface area contributed by atoms with E-state index in [4.69, 9.17) is 9.84 Å². The number of hydrogen-bond acceptors (Lipinski definition) is 6. The summed E-state index contributed by atoms with van der Waals surface area (Å²) in [6.45, 7) is 5.36. The second-order valence-corrected chi connectivity index (χ2v) is 5.16. The zero-order valence-electron chi connectivity index (χ0n) is 9.48. The zero-order valence-corrected chi connectivity index (χ0v) is 10.3. The number of carbonyl (C=O) groups is 1. The molecule has 90 valence electrons.